The lowest BCUT2D eigenvalue weighted by molar-refractivity contribution is 0.0906. The Kier molecular flexibility index (Phi) is 2.76. The van der Waals surface area contributed by atoms with E-state index in [0.29, 0.717) is 18.5 Å². The van der Waals surface area contributed by atoms with Crippen LogP contribution in [0, 0.1) is 5.92 Å². The van der Waals surface area contributed by atoms with Crippen molar-refractivity contribution >= 4 is 17.1 Å². The van der Waals surface area contributed by atoms with Crippen LogP contribution in [-0.4, -0.2) is 42.4 Å². The predicted octanol–water partition coefficient (Wildman–Crippen LogP) is -0.994. The monoisotopic (exact) mass is 265 g/mol. The van der Waals surface area contributed by atoms with Gasteiger partial charge in [0.2, 0.25) is 5.95 Å². The van der Waals surface area contributed by atoms with E-state index in [2.05, 4.69) is 15.0 Å². The van der Waals surface area contributed by atoms with E-state index in [4.69, 9.17) is 5.73 Å². The van der Waals surface area contributed by atoms with Crippen LogP contribution >= 0.6 is 0 Å². The number of hydrogen-bond acceptors (Lipinski definition) is 6. The van der Waals surface area contributed by atoms with Gasteiger partial charge in [-0.05, 0) is 12.8 Å². The molecule has 0 unspecified atom stereocenters. The zero-order valence-corrected chi connectivity index (χ0v) is 10.2. The molecule has 1 saturated carbocycles. The Morgan fingerprint density at radius 1 is 1.53 bits per heavy atom. The summed E-state index contributed by atoms with van der Waals surface area (Å²) in [6.07, 6.45) is 2.11. The van der Waals surface area contributed by atoms with Crippen LogP contribution in [0.15, 0.2) is 11.1 Å². The fourth-order valence-corrected chi connectivity index (χ4v) is 2.71. The standard InChI is InChI=1S/C11H15N5O3/c12-11-14-9-8(10(19)15-11)13-4-16(9)6-1-5(3-17)7(18)2-6/h4-7,17-18H,1-3H2,(H3,12,14,15,19)/t5-,6-,7+/m0/s1. The van der Waals surface area contributed by atoms with E-state index in [-0.39, 0.29) is 35.6 Å². The summed E-state index contributed by atoms with van der Waals surface area (Å²) >= 11 is 0. The Balaban J connectivity index is 2.05. The molecule has 1 aliphatic carbocycles. The number of fused-ring (bicyclic) bond motifs is 1. The molecular formula is C11H15N5O3. The predicted molar refractivity (Wildman–Crippen MR) is 67.4 cm³/mol. The molecule has 0 spiro atoms. The molecule has 2 aromatic rings. The number of aliphatic hydroxyl groups excluding tert-OH is 2. The van der Waals surface area contributed by atoms with Crippen molar-refractivity contribution in [3.05, 3.63) is 16.7 Å². The number of aromatic amines is 1. The van der Waals surface area contributed by atoms with Crippen LogP contribution in [0.4, 0.5) is 5.95 Å². The molecule has 102 valence electrons. The van der Waals surface area contributed by atoms with E-state index in [9.17, 15) is 15.0 Å². The molecule has 0 amide bonds. The van der Waals surface area contributed by atoms with Crippen molar-refractivity contribution in [1.82, 2.24) is 19.5 Å². The number of anilines is 1. The number of nitrogens with zero attached hydrogens (tertiary/aromatic N) is 3. The maximum Gasteiger partial charge on any atom is 0.280 e. The Morgan fingerprint density at radius 3 is 3.00 bits per heavy atom. The van der Waals surface area contributed by atoms with Crippen LogP contribution in [0.1, 0.15) is 18.9 Å². The molecule has 8 heteroatoms. The first-order valence-corrected chi connectivity index (χ1v) is 6.11. The van der Waals surface area contributed by atoms with Crippen LogP contribution in [0.5, 0.6) is 0 Å². The van der Waals surface area contributed by atoms with Crippen molar-refractivity contribution in [2.45, 2.75) is 25.0 Å². The molecule has 8 nitrogen and oxygen atoms in total. The molecule has 0 radical (unpaired) electrons. The lowest BCUT2D eigenvalue weighted by atomic mass is 10.1. The largest absolute Gasteiger partial charge is 0.396 e. The van der Waals surface area contributed by atoms with Gasteiger partial charge in [-0.25, -0.2) is 4.98 Å². The summed E-state index contributed by atoms with van der Waals surface area (Å²) in [4.78, 5) is 22.2. The Labute approximate surface area is 107 Å². The minimum atomic E-state index is -0.549. The summed E-state index contributed by atoms with van der Waals surface area (Å²) in [7, 11) is 0. The molecule has 1 fully saturated rings. The average molecular weight is 265 g/mol. The Bertz CT molecular complexity index is 664. The highest BCUT2D eigenvalue weighted by Crippen LogP contribution is 2.35. The third-order valence-corrected chi connectivity index (χ3v) is 3.71. The molecular weight excluding hydrogens is 250 g/mol. The summed E-state index contributed by atoms with van der Waals surface area (Å²) in [6, 6.07) is -0.0363. The van der Waals surface area contributed by atoms with Gasteiger partial charge in [-0.1, -0.05) is 0 Å². The van der Waals surface area contributed by atoms with Gasteiger partial charge in [0.05, 0.1) is 12.4 Å². The molecule has 0 bridgehead atoms. The van der Waals surface area contributed by atoms with Gasteiger partial charge < -0.3 is 20.5 Å². The maximum absolute atomic E-state index is 11.7. The SMILES string of the molecule is Nc1nc2c(ncn2[C@H]2C[C@@H](CO)[C@H](O)C2)c(=O)[nH]1. The van der Waals surface area contributed by atoms with Crippen LogP contribution in [0.2, 0.25) is 0 Å². The third-order valence-electron chi connectivity index (χ3n) is 3.71. The van der Waals surface area contributed by atoms with Gasteiger partial charge >= 0.3 is 0 Å². The zero-order valence-electron chi connectivity index (χ0n) is 10.2. The number of rotatable bonds is 2. The quantitative estimate of drug-likeness (QED) is 0.551. The molecule has 3 atom stereocenters. The van der Waals surface area contributed by atoms with Gasteiger partial charge in [0.25, 0.3) is 5.56 Å². The number of nitrogens with two attached hydrogens (primary N) is 1. The summed E-state index contributed by atoms with van der Waals surface area (Å²) in [6.45, 7) is -0.0551. The molecule has 1 aliphatic rings. The van der Waals surface area contributed by atoms with Crippen molar-refractivity contribution in [2.24, 2.45) is 5.92 Å². The summed E-state index contributed by atoms with van der Waals surface area (Å²) in [5.41, 5.74) is 5.81. The minimum Gasteiger partial charge on any atom is -0.396 e. The lowest BCUT2D eigenvalue weighted by Crippen LogP contribution is -2.16. The van der Waals surface area contributed by atoms with Gasteiger partial charge in [0.15, 0.2) is 11.2 Å². The fourth-order valence-electron chi connectivity index (χ4n) is 2.71. The summed E-state index contributed by atoms with van der Waals surface area (Å²) in [5, 5.41) is 19.0. The first-order chi connectivity index (χ1) is 9.10. The maximum atomic E-state index is 11.7. The normalized spacial score (nSPS) is 27.2. The molecule has 19 heavy (non-hydrogen) atoms. The Hall–Kier alpha value is -1.93. The van der Waals surface area contributed by atoms with Crippen LogP contribution in [0.3, 0.4) is 0 Å². The number of imidazole rings is 1. The molecule has 3 rings (SSSR count). The second kappa shape index (κ2) is 4.32. The molecule has 0 saturated heterocycles. The van der Waals surface area contributed by atoms with Gasteiger partial charge in [-0.3, -0.25) is 9.78 Å². The number of nitrogens with one attached hydrogen (secondary N) is 1. The van der Waals surface area contributed by atoms with Crippen molar-refractivity contribution in [1.29, 1.82) is 0 Å². The second-order valence-electron chi connectivity index (χ2n) is 4.91. The summed E-state index contributed by atoms with van der Waals surface area (Å²) in [5.74, 6) is -0.113. The first-order valence-electron chi connectivity index (χ1n) is 6.11. The van der Waals surface area contributed by atoms with Gasteiger partial charge in [0.1, 0.15) is 0 Å². The van der Waals surface area contributed by atoms with E-state index in [1.165, 1.54) is 6.33 Å². The smallest absolute Gasteiger partial charge is 0.280 e. The van der Waals surface area contributed by atoms with E-state index in [1.807, 2.05) is 0 Å². The topological polar surface area (TPSA) is 130 Å². The average Bonchev–Trinajstić information content (AvgIpc) is 2.92. The number of hydrogen-bond donors (Lipinski definition) is 4. The van der Waals surface area contributed by atoms with Crippen molar-refractivity contribution in [3.8, 4) is 0 Å². The highest BCUT2D eigenvalue weighted by Gasteiger charge is 2.34. The highest BCUT2D eigenvalue weighted by molar-refractivity contribution is 5.70. The van der Waals surface area contributed by atoms with Gasteiger partial charge in [0, 0.05) is 18.6 Å². The lowest BCUT2D eigenvalue weighted by Gasteiger charge is -2.11. The molecule has 0 aliphatic heterocycles. The van der Waals surface area contributed by atoms with E-state index < -0.39 is 6.10 Å². The van der Waals surface area contributed by atoms with Crippen LogP contribution in [-0.2, 0) is 0 Å². The van der Waals surface area contributed by atoms with Gasteiger partial charge in [-0.2, -0.15) is 4.98 Å². The highest BCUT2D eigenvalue weighted by atomic mass is 16.3. The van der Waals surface area contributed by atoms with Crippen molar-refractivity contribution in [2.75, 3.05) is 12.3 Å². The number of H-pyrrole nitrogens is 1. The third kappa shape index (κ3) is 1.89. The van der Waals surface area contributed by atoms with Crippen LogP contribution < -0.4 is 11.3 Å². The van der Waals surface area contributed by atoms with Crippen LogP contribution in [0.25, 0.3) is 11.2 Å². The van der Waals surface area contributed by atoms with Crippen molar-refractivity contribution in [3.63, 3.8) is 0 Å². The molecule has 0 aromatic carbocycles. The van der Waals surface area contributed by atoms with E-state index >= 15 is 0 Å². The molecule has 2 aromatic heterocycles. The first kappa shape index (κ1) is 12.1. The van der Waals surface area contributed by atoms with E-state index in [1.54, 1.807) is 4.57 Å². The number of aliphatic hydroxyl groups is 2. The number of nitrogen functional groups attached to an aromatic ring is 1. The Morgan fingerprint density at radius 2 is 2.32 bits per heavy atom. The minimum absolute atomic E-state index is 0.0363. The molecule has 2 heterocycles. The fraction of sp³-hybridized carbons (Fsp3) is 0.545. The summed E-state index contributed by atoms with van der Waals surface area (Å²) < 4.78 is 1.75. The number of aromatic nitrogens is 4. The zero-order chi connectivity index (χ0) is 13.6. The van der Waals surface area contributed by atoms with E-state index in [0.717, 1.165) is 0 Å². The second-order valence-corrected chi connectivity index (χ2v) is 4.91. The van der Waals surface area contributed by atoms with Crippen molar-refractivity contribution < 1.29 is 10.2 Å². The molecule has 5 N–H and O–H groups in total. The van der Waals surface area contributed by atoms with Gasteiger partial charge in [-0.15, -0.1) is 0 Å².